The van der Waals surface area contributed by atoms with Crippen molar-refractivity contribution >= 4 is 11.6 Å². The van der Waals surface area contributed by atoms with Crippen LogP contribution in [0.2, 0.25) is 0 Å². The Morgan fingerprint density at radius 3 is 2.83 bits per heavy atom. The number of anilines is 1. The van der Waals surface area contributed by atoms with Crippen LogP contribution in [0.15, 0.2) is 24.3 Å². The van der Waals surface area contributed by atoms with Crippen LogP contribution in [0.5, 0.6) is 0 Å². The molecular formula is C13H19N3O2. The highest BCUT2D eigenvalue weighted by molar-refractivity contribution is 5.82. The highest BCUT2D eigenvalue weighted by atomic mass is 16.6. The van der Waals surface area contributed by atoms with Gasteiger partial charge in [0, 0.05) is 25.8 Å². The minimum atomic E-state index is 0.158. The molecule has 1 heterocycles. The van der Waals surface area contributed by atoms with E-state index in [9.17, 15) is 4.79 Å². The molecule has 1 saturated heterocycles. The van der Waals surface area contributed by atoms with Crippen LogP contribution in [0.4, 0.5) is 5.69 Å². The Balaban J connectivity index is 2.14. The van der Waals surface area contributed by atoms with E-state index in [0.717, 1.165) is 25.2 Å². The molecule has 0 unspecified atom stereocenters. The van der Waals surface area contributed by atoms with Gasteiger partial charge in [-0.15, -0.1) is 0 Å². The van der Waals surface area contributed by atoms with Gasteiger partial charge in [0.05, 0.1) is 13.2 Å². The number of carbonyl (C=O) groups is 1. The molecule has 0 aliphatic carbocycles. The van der Waals surface area contributed by atoms with Crippen molar-refractivity contribution in [3.8, 4) is 0 Å². The van der Waals surface area contributed by atoms with Crippen LogP contribution < -0.4 is 10.8 Å². The molecule has 0 saturated carbocycles. The van der Waals surface area contributed by atoms with E-state index in [1.54, 1.807) is 4.90 Å². The van der Waals surface area contributed by atoms with E-state index in [0.29, 0.717) is 13.2 Å². The van der Waals surface area contributed by atoms with E-state index < -0.39 is 0 Å². The third kappa shape index (κ3) is 2.80. The number of hydrogen-bond donors (Lipinski definition) is 1. The normalized spacial score (nSPS) is 16.2. The lowest BCUT2D eigenvalue weighted by molar-refractivity contribution is -0.129. The molecule has 5 heteroatoms. The summed E-state index contributed by atoms with van der Waals surface area (Å²) in [4.78, 5) is 20.3. The molecule has 1 fully saturated rings. The summed E-state index contributed by atoms with van der Waals surface area (Å²) in [6, 6.07) is 8.08. The SMILES string of the molecule is CN1CCN(c2ccccc2CCON)CC1=O. The van der Waals surface area contributed by atoms with Crippen LogP contribution in [0.1, 0.15) is 5.56 Å². The topological polar surface area (TPSA) is 58.8 Å². The number of hydrogen-bond acceptors (Lipinski definition) is 4. The Bertz CT molecular complexity index is 422. The number of benzene rings is 1. The molecule has 2 rings (SSSR count). The predicted molar refractivity (Wildman–Crippen MR) is 70.1 cm³/mol. The zero-order valence-corrected chi connectivity index (χ0v) is 10.6. The van der Waals surface area contributed by atoms with E-state index in [4.69, 9.17) is 5.90 Å². The molecule has 0 aromatic heterocycles. The maximum Gasteiger partial charge on any atom is 0.241 e. The molecule has 5 nitrogen and oxygen atoms in total. The van der Waals surface area contributed by atoms with Crippen molar-refractivity contribution in [2.45, 2.75) is 6.42 Å². The van der Waals surface area contributed by atoms with Crippen LogP contribution in [-0.4, -0.2) is 44.1 Å². The minimum Gasteiger partial charge on any atom is -0.360 e. The summed E-state index contributed by atoms with van der Waals surface area (Å²) in [5.41, 5.74) is 2.27. The molecule has 1 aliphatic rings. The molecule has 0 atom stereocenters. The summed E-state index contributed by atoms with van der Waals surface area (Å²) < 4.78 is 0. The van der Waals surface area contributed by atoms with Crippen molar-refractivity contribution in [3.05, 3.63) is 29.8 Å². The fourth-order valence-corrected chi connectivity index (χ4v) is 2.16. The van der Waals surface area contributed by atoms with Gasteiger partial charge in [-0.3, -0.25) is 4.79 Å². The Kier molecular flexibility index (Phi) is 4.17. The first-order valence-electron chi connectivity index (χ1n) is 6.11. The van der Waals surface area contributed by atoms with Crippen LogP contribution in [0.25, 0.3) is 0 Å². The zero-order chi connectivity index (χ0) is 13.0. The monoisotopic (exact) mass is 249 g/mol. The Morgan fingerprint density at radius 2 is 2.11 bits per heavy atom. The van der Waals surface area contributed by atoms with Crippen molar-refractivity contribution in [1.82, 2.24) is 4.90 Å². The van der Waals surface area contributed by atoms with Crippen LogP contribution in [0, 0.1) is 0 Å². The summed E-state index contributed by atoms with van der Waals surface area (Å²) in [6.07, 6.45) is 0.757. The summed E-state index contributed by atoms with van der Waals surface area (Å²) >= 11 is 0. The smallest absolute Gasteiger partial charge is 0.241 e. The minimum absolute atomic E-state index is 0.158. The van der Waals surface area contributed by atoms with Crippen molar-refractivity contribution < 1.29 is 9.63 Å². The first kappa shape index (κ1) is 12.9. The van der Waals surface area contributed by atoms with Crippen molar-refractivity contribution in [3.63, 3.8) is 0 Å². The molecule has 0 bridgehead atoms. The first-order valence-corrected chi connectivity index (χ1v) is 6.11. The number of piperazine rings is 1. The zero-order valence-electron chi connectivity index (χ0n) is 10.6. The molecule has 1 amide bonds. The van der Waals surface area contributed by atoms with Gasteiger partial charge >= 0.3 is 0 Å². The van der Waals surface area contributed by atoms with E-state index in [2.05, 4.69) is 15.8 Å². The standard InChI is InChI=1S/C13H19N3O2/c1-15-7-8-16(10-13(15)17)12-5-3-2-4-11(12)6-9-18-14/h2-5H,6-10,14H2,1H3. The van der Waals surface area contributed by atoms with E-state index in [-0.39, 0.29) is 5.91 Å². The molecule has 2 N–H and O–H groups in total. The van der Waals surface area contributed by atoms with Crippen LogP contribution >= 0.6 is 0 Å². The summed E-state index contributed by atoms with van der Waals surface area (Å²) in [6.45, 7) is 2.55. The number of para-hydroxylation sites is 1. The molecule has 1 aliphatic heterocycles. The van der Waals surface area contributed by atoms with E-state index in [1.165, 1.54) is 5.56 Å². The Hall–Kier alpha value is -1.59. The van der Waals surface area contributed by atoms with Gasteiger partial charge in [-0.2, -0.15) is 0 Å². The van der Waals surface area contributed by atoms with Gasteiger partial charge in [-0.25, -0.2) is 5.90 Å². The molecule has 0 spiro atoms. The van der Waals surface area contributed by atoms with Crippen molar-refractivity contribution in [2.75, 3.05) is 38.2 Å². The second-order valence-corrected chi connectivity index (χ2v) is 4.49. The van der Waals surface area contributed by atoms with Gasteiger partial charge in [-0.1, -0.05) is 18.2 Å². The fourth-order valence-electron chi connectivity index (χ4n) is 2.16. The molecule has 1 aromatic rings. The van der Waals surface area contributed by atoms with Crippen molar-refractivity contribution in [2.24, 2.45) is 5.90 Å². The fraction of sp³-hybridized carbons (Fsp3) is 0.462. The summed E-state index contributed by atoms with van der Waals surface area (Å²) in [5.74, 6) is 5.23. The van der Waals surface area contributed by atoms with Gasteiger partial charge in [-0.05, 0) is 18.1 Å². The Morgan fingerprint density at radius 1 is 1.33 bits per heavy atom. The van der Waals surface area contributed by atoms with Crippen LogP contribution in [-0.2, 0) is 16.1 Å². The Labute approximate surface area is 107 Å². The molecule has 0 radical (unpaired) electrons. The van der Waals surface area contributed by atoms with Gasteiger partial charge in [0.2, 0.25) is 5.91 Å². The third-order valence-electron chi connectivity index (χ3n) is 3.28. The van der Waals surface area contributed by atoms with Gasteiger partial charge < -0.3 is 14.6 Å². The van der Waals surface area contributed by atoms with Gasteiger partial charge in [0.15, 0.2) is 0 Å². The molecule has 98 valence electrons. The number of carbonyl (C=O) groups excluding carboxylic acids is 1. The number of amides is 1. The van der Waals surface area contributed by atoms with Crippen LogP contribution in [0.3, 0.4) is 0 Å². The lowest BCUT2D eigenvalue weighted by Gasteiger charge is -2.34. The lowest BCUT2D eigenvalue weighted by Crippen LogP contribution is -2.48. The van der Waals surface area contributed by atoms with E-state index >= 15 is 0 Å². The number of nitrogens with zero attached hydrogens (tertiary/aromatic N) is 2. The first-order chi connectivity index (χ1) is 8.72. The molecular weight excluding hydrogens is 230 g/mol. The average molecular weight is 249 g/mol. The highest BCUT2D eigenvalue weighted by Gasteiger charge is 2.22. The highest BCUT2D eigenvalue weighted by Crippen LogP contribution is 2.22. The van der Waals surface area contributed by atoms with Gasteiger partial charge in [0.1, 0.15) is 0 Å². The largest absolute Gasteiger partial charge is 0.360 e. The molecule has 1 aromatic carbocycles. The number of likely N-dealkylation sites (N-methyl/N-ethyl adjacent to an activating group) is 1. The van der Waals surface area contributed by atoms with Gasteiger partial charge in [0.25, 0.3) is 0 Å². The number of rotatable bonds is 4. The molecule has 18 heavy (non-hydrogen) atoms. The third-order valence-corrected chi connectivity index (χ3v) is 3.28. The summed E-state index contributed by atoms with van der Waals surface area (Å²) in [7, 11) is 1.84. The quantitative estimate of drug-likeness (QED) is 0.785. The number of nitrogens with two attached hydrogens (primary N) is 1. The maximum absolute atomic E-state index is 11.7. The predicted octanol–water partition coefficient (Wildman–Crippen LogP) is 0.398. The average Bonchev–Trinajstić information content (AvgIpc) is 2.40. The van der Waals surface area contributed by atoms with Crippen molar-refractivity contribution in [1.29, 1.82) is 0 Å². The second kappa shape index (κ2) is 5.84. The lowest BCUT2D eigenvalue weighted by atomic mass is 10.1. The second-order valence-electron chi connectivity index (χ2n) is 4.49. The van der Waals surface area contributed by atoms with E-state index in [1.807, 2.05) is 25.2 Å². The maximum atomic E-state index is 11.7. The summed E-state index contributed by atoms with van der Waals surface area (Å²) in [5, 5.41) is 0.